The number of hydrogen-bond acceptors (Lipinski definition) is 6. The fourth-order valence-corrected chi connectivity index (χ4v) is 4.41. The summed E-state index contributed by atoms with van der Waals surface area (Å²) >= 11 is 0. The zero-order chi connectivity index (χ0) is 23.0. The topological polar surface area (TPSA) is 62.3 Å². The molecule has 1 fully saturated rings. The third-order valence-corrected chi connectivity index (χ3v) is 5.78. The summed E-state index contributed by atoms with van der Waals surface area (Å²) in [6.45, 7) is 5.02. The maximum atomic E-state index is 13.8. The van der Waals surface area contributed by atoms with Gasteiger partial charge in [-0.05, 0) is 38.1 Å². The summed E-state index contributed by atoms with van der Waals surface area (Å²) in [5.41, 5.74) is 2.83. The zero-order valence-electron chi connectivity index (χ0n) is 19.2. The fourth-order valence-electron chi connectivity index (χ4n) is 4.41. The highest BCUT2D eigenvalue weighted by atomic mass is 16.5. The van der Waals surface area contributed by atoms with Crippen molar-refractivity contribution in [1.82, 2.24) is 4.90 Å². The van der Waals surface area contributed by atoms with Gasteiger partial charge in [0.1, 0.15) is 11.4 Å². The standard InChI is InChI=1S/C25H29N3O4/c1-16-14-27(15-17(2)32-16)23-22(20-11-6-7-12-21(20)31-5)24(29)28(25(23)30)19-10-8-9-18(13-19)26(3)4/h6-13,16-17H,14-15H2,1-5H3. The molecule has 1 saturated heterocycles. The van der Waals surface area contributed by atoms with Gasteiger partial charge in [-0.25, -0.2) is 4.90 Å². The van der Waals surface area contributed by atoms with E-state index in [0.717, 1.165) is 5.69 Å². The Morgan fingerprint density at radius 2 is 1.66 bits per heavy atom. The van der Waals surface area contributed by atoms with Crippen LogP contribution in [0.4, 0.5) is 11.4 Å². The molecule has 0 saturated carbocycles. The van der Waals surface area contributed by atoms with Crippen molar-refractivity contribution < 1.29 is 19.1 Å². The van der Waals surface area contributed by atoms with Crippen molar-refractivity contribution in [3.63, 3.8) is 0 Å². The summed E-state index contributed by atoms with van der Waals surface area (Å²) in [5.74, 6) is -0.121. The van der Waals surface area contributed by atoms with Crippen LogP contribution in [0.15, 0.2) is 54.2 Å². The number of nitrogens with zero attached hydrogens (tertiary/aromatic N) is 3. The smallest absolute Gasteiger partial charge is 0.282 e. The lowest BCUT2D eigenvalue weighted by Crippen LogP contribution is -2.47. The molecule has 0 spiro atoms. The number of ether oxygens (including phenoxy) is 2. The van der Waals surface area contributed by atoms with E-state index in [1.165, 1.54) is 4.90 Å². The Morgan fingerprint density at radius 1 is 0.969 bits per heavy atom. The lowest BCUT2D eigenvalue weighted by atomic mass is 10.0. The highest BCUT2D eigenvalue weighted by Gasteiger charge is 2.44. The van der Waals surface area contributed by atoms with E-state index in [1.807, 2.05) is 74.1 Å². The highest BCUT2D eigenvalue weighted by molar-refractivity contribution is 6.45. The van der Waals surface area contributed by atoms with Crippen LogP contribution in [0.5, 0.6) is 5.75 Å². The molecular weight excluding hydrogens is 406 g/mol. The first kappa shape index (κ1) is 21.9. The molecule has 32 heavy (non-hydrogen) atoms. The van der Waals surface area contributed by atoms with Crippen molar-refractivity contribution >= 4 is 28.8 Å². The minimum atomic E-state index is -0.350. The van der Waals surface area contributed by atoms with Gasteiger partial charge in [-0.3, -0.25) is 9.59 Å². The molecule has 0 aliphatic carbocycles. The molecule has 0 N–H and O–H groups in total. The van der Waals surface area contributed by atoms with E-state index in [1.54, 1.807) is 19.2 Å². The van der Waals surface area contributed by atoms with Crippen LogP contribution in [-0.4, -0.2) is 63.2 Å². The Morgan fingerprint density at radius 3 is 2.31 bits per heavy atom. The predicted octanol–water partition coefficient (Wildman–Crippen LogP) is 3.15. The SMILES string of the molecule is COc1ccccc1C1=C(N2CC(C)OC(C)C2)C(=O)N(c2cccc(N(C)C)c2)C1=O. The van der Waals surface area contributed by atoms with Gasteiger partial charge in [-0.1, -0.05) is 24.3 Å². The van der Waals surface area contributed by atoms with Gasteiger partial charge < -0.3 is 19.3 Å². The Labute approximate surface area is 188 Å². The van der Waals surface area contributed by atoms with Crippen molar-refractivity contribution in [2.24, 2.45) is 0 Å². The largest absolute Gasteiger partial charge is 0.496 e. The highest BCUT2D eigenvalue weighted by Crippen LogP contribution is 2.39. The molecule has 0 aromatic heterocycles. The minimum absolute atomic E-state index is 0.0563. The van der Waals surface area contributed by atoms with Gasteiger partial charge in [0, 0.05) is 38.4 Å². The second-order valence-electron chi connectivity index (χ2n) is 8.45. The zero-order valence-corrected chi connectivity index (χ0v) is 19.2. The molecule has 2 unspecified atom stereocenters. The Hall–Kier alpha value is -3.32. The Balaban J connectivity index is 1.86. The number of carbonyl (C=O) groups excluding carboxylic acids is 2. The molecule has 7 nitrogen and oxygen atoms in total. The maximum Gasteiger partial charge on any atom is 0.282 e. The van der Waals surface area contributed by atoms with Crippen LogP contribution >= 0.6 is 0 Å². The van der Waals surface area contributed by atoms with Crippen molar-refractivity contribution in [1.29, 1.82) is 0 Å². The molecule has 4 rings (SSSR count). The first-order valence-corrected chi connectivity index (χ1v) is 10.8. The van der Waals surface area contributed by atoms with Crippen LogP contribution in [-0.2, 0) is 14.3 Å². The number of morpholine rings is 1. The van der Waals surface area contributed by atoms with Crippen LogP contribution in [0.25, 0.3) is 5.57 Å². The monoisotopic (exact) mass is 435 g/mol. The summed E-state index contributed by atoms with van der Waals surface area (Å²) in [5, 5.41) is 0. The van der Waals surface area contributed by atoms with Gasteiger partial charge >= 0.3 is 0 Å². The molecule has 2 aliphatic rings. The number of para-hydroxylation sites is 1. The number of anilines is 2. The summed E-state index contributed by atoms with van der Waals surface area (Å²) in [7, 11) is 5.41. The van der Waals surface area contributed by atoms with Crippen LogP contribution in [0.3, 0.4) is 0 Å². The number of rotatable bonds is 5. The van der Waals surface area contributed by atoms with Crippen LogP contribution in [0.1, 0.15) is 19.4 Å². The van der Waals surface area contributed by atoms with Crippen LogP contribution < -0.4 is 14.5 Å². The van der Waals surface area contributed by atoms with Crippen molar-refractivity contribution in [3.05, 3.63) is 59.8 Å². The van der Waals surface area contributed by atoms with Gasteiger partial charge in [0.05, 0.1) is 30.6 Å². The molecule has 2 heterocycles. The molecule has 0 bridgehead atoms. The maximum absolute atomic E-state index is 13.8. The lowest BCUT2D eigenvalue weighted by Gasteiger charge is -2.37. The van der Waals surface area contributed by atoms with Crippen LogP contribution in [0, 0.1) is 0 Å². The first-order chi connectivity index (χ1) is 15.3. The molecule has 168 valence electrons. The normalized spacial score (nSPS) is 21.4. The third kappa shape index (κ3) is 3.84. The van der Waals surface area contributed by atoms with E-state index >= 15 is 0 Å². The number of methoxy groups -OCH3 is 1. The van der Waals surface area contributed by atoms with Crippen molar-refractivity contribution in [2.45, 2.75) is 26.1 Å². The third-order valence-electron chi connectivity index (χ3n) is 5.78. The molecule has 2 atom stereocenters. The molecule has 0 radical (unpaired) electrons. The average Bonchev–Trinajstić information content (AvgIpc) is 3.03. The molecule has 2 aromatic carbocycles. The van der Waals surface area contributed by atoms with Gasteiger partial charge in [-0.2, -0.15) is 0 Å². The second kappa shape index (κ2) is 8.67. The predicted molar refractivity (Wildman–Crippen MR) is 125 cm³/mol. The molecule has 2 aliphatic heterocycles. The van der Waals surface area contributed by atoms with E-state index in [4.69, 9.17) is 9.47 Å². The van der Waals surface area contributed by atoms with E-state index in [9.17, 15) is 9.59 Å². The van der Waals surface area contributed by atoms with E-state index in [0.29, 0.717) is 41.4 Å². The van der Waals surface area contributed by atoms with Gasteiger partial charge in [0.2, 0.25) is 0 Å². The quantitative estimate of drug-likeness (QED) is 0.673. The summed E-state index contributed by atoms with van der Waals surface area (Å²) in [4.78, 5) is 32.8. The minimum Gasteiger partial charge on any atom is -0.496 e. The van der Waals surface area contributed by atoms with E-state index in [2.05, 4.69) is 0 Å². The van der Waals surface area contributed by atoms with Crippen molar-refractivity contribution in [3.8, 4) is 5.75 Å². The lowest BCUT2D eigenvalue weighted by molar-refractivity contribution is -0.121. The fraction of sp³-hybridized carbons (Fsp3) is 0.360. The number of imide groups is 1. The van der Waals surface area contributed by atoms with Crippen LogP contribution in [0.2, 0.25) is 0 Å². The van der Waals surface area contributed by atoms with E-state index in [-0.39, 0.29) is 24.0 Å². The summed E-state index contributed by atoms with van der Waals surface area (Å²) in [6.07, 6.45) is -0.113. The second-order valence-corrected chi connectivity index (χ2v) is 8.45. The number of carbonyl (C=O) groups is 2. The number of hydrogen-bond donors (Lipinski definition) is 0. The van der Waals surface area contributed by atoms with Gasteiger partial charge in [0.15, 0.2) is 0 Å². The molecule has 2 amide bonds. The Bertz CT molecular complexity index is 1070. The summed E-state index contributed by atoms with van der Waals surface area (Å²) in [6, 6.07) is 14.8. The van der Waals surface area contributed by atoms with E-state index < -0.39 is 0 Å². The van der Waals surface area contributed by atoms with Gasteiger partial charge in [0.25, 0.3) is 11.8 Å². The number of benzene rings is 2. The average molecular weight is 436 g/mol. The first-order valence-electron chi connectivity index (χ1n) is 10.8. The van der Waals surface area contributed by atoms with Gasteiger partial charge in [-0.15, -0.1) is 0 Å². The van der Waals surface area contributed by atoms with Crippen molar-refractivity contribution in [2.75, 3.05) is 44.1 Å². The molecule has 7 heteroatoms. The molecule has 2 aromatic rings. The Kier molecular flexibility index (Phi) is 5.93. The summed E-state index contributed by atoms with van der Waals surface area (Å²) < 4.78 is 11.4. The molecular formula is C25H29N3O4. The number of amides is 2.